The molecule has 0 aromatic heterocycles. The molecule has 1 aromatic carbocycles. The number of para-hydroxylation sites is 1. The minimum absolute atomic E-state index is 0.157. The van der Waals surface area contributed by atoms with Crippen LogP contribution in [0, 0.1) is 0 Å². The lowest BCUT2D eigenvalue weighted by molar-refractivity contribution is 0.111. The number of aliphatic hydroxyl groups is 1. The lowest BCUT2D eigenvalue weighted by atomic mass is 9.94. The van der Waals surface area contributed by atoms with Gasteiger partial charge in [0.1, 0.15) is 5.75 Å². The largest absolute Gasteiger partial charge is 0.496 e. The molecule has 1 aliphatic heterocycles. The topological polar surface area (TPSA) is 41.5 Å². The molecule has 16 heavy (non-hydrogen) atoms. The quantitative estimate of drug-likeness (QED) is 0.818. The number of aliphatic hydroxyl groups excluding tert-OH is 1. The third-order valence-corrected chi connectivity index (χ3v) is 3.19. The molecule has 1 aliphatic rings. The number of hydrogen-bond donors (Lipinski definition) is 2. The minimum atomic E-state index is -0.476. The molecule has 0 aliphatic carbocycles. The van der Waals surface area contributed by atoms with Gasteiger partial charge < -0.3 is 15.2 Å². The van der Waals surface area contributed by atoms with Crippen molar-refractivity contribution in [2.75, 3.05) is 13.7 Å². The van der Waals surface area contributed by atoms with E-state index in [1.165, 1.54) is 12.8 Å². The van der Waals surface area contributed by atoms with Gasteiger partial charge in [0.05, 0.1) is 13.2 Å². The van der Waals surface area contributed by atoms with Crippen LogP contribution >= 0.6 is 0 Å². The number of rotatable bonds is 3. The van der Waals surface area contributed by atoms with Crippen molar-refractivity contribution in [1.82, 2.24) is 5.32 Å². The lowest BCUT2D eigenvalue weighted by Crippen LogP contribution is -2.38. The van der Waals surface area contributed by atoms with Gasteiger partial charge in [0.2, 0.25) is 0 Å². The molecule has 0 saturated carbocycles. The Bertz CT molecular complexity index is 334. The number of benzene rings is 1. The fourth-order valence-electron chi connectivity index (χ4n) is 2.28. The zero-order valence-electron chi connectivity index (χ0n) is 9.65. The molecule has 0 amide bonds. The Balaban J connectivity index is 2.15. The maximum absolute atomic E-state index is 10.3. The second kappa shape index (κ2) is 5.32. The average Bonchev–Trinajstić information content (AvgIpc) is 2.39. The van der Waals surface area contributed by atoms with Gasteiger partial charge in [0, 0.05) is 11.6 Å². The van der Waals surface area contributed by atoms with E-state index >= 15 is 0 Å². The molecule has 1 heterocycles. The molecule has 1 saturated heterocycles. The van der Waals surface area contributed by atoms with Crippen LogP contribution in [0.25, 0.3) is 0 Å². The Morgan fingerprint density at radius 1 is 1.38 bits per heavy atom. The number of nitrogens with one attached hydrogen (secondary N) is 1. The van der Waals surface area contributed by atoms with Gasteiger partial charge in [0.15, 0.2) is 0 Å². The third kappa shape index (κ3) is 2.36. The smallest absolute Gasteiger partial charge is 0.124 e. The van der Waals surface area contributed by atoms with E-state index in [0.29, 0.717) is 0 Å². The summed E-state index contributed by atoms with van der Waals surface area (Å²) in [5, 5.41) is 13.7. The average molecular weight is 221 g/mol. The van der Waals surface area contributed by atoms with Crippen molar-refractivity contribution in [3.05, 3.63) is 29.8 Å². The minimum Gasteiger partial charge on any atom is -0.496 e. The first kappa shape index (κ1) is 11.4. The molecule has 1 fully saturated rings. The number of methoxy groups -OCH3 is 1. The molecule has 2 rings (SSSR count). The van der Waals surface area contributed by atoms with Gasteiger partial charge >= 0.3 is 0 Å². The van der Waals surface area contributed by atoms with Gasteiger partial charge in [-0.15, -0.1) is 0 Å². The summed E-state index contributed by atoms with van der Waals surface area (Å²) in [5.41, 5.74) is 0.879. The van der Waals surface area contributed by atoms with Gasteiger partial charge in [-0.3, -0.25) is 0 Å². The molecule has 1 aromatic rings. The van der Waals surface area contributed by atoms with Crippen LogP contribution in [-0.4, -0.2) is 24.8 Å². The standard InChI is InChI=1S/C13H19NO2/c1-16-12-8-3-2-6-10(12)13(15)11-7-4-5-9-14-11/h2-3,6,8,11,13-15H,4-5,7,9H2,1H3. The van der Waals surface area contributed by atoms with Gasteiger partial charge in [-0.25, -0.2) is 0 Å². The summed E-state index contributed by atoms with van der Waals surface area (Å²) in [6.07, 6.45) is 2.94. The van der Waals surface area contributed by atoms with E-state index < -0.39 is 6.10 Å². The Kier molecular flexibility index (Phi) is 3.80. The Hall–Kier alpha value is -1.06. The fraction of sp³-hybridized carbons (Fsp3) is 0.538. The lowest BCUT2D eigenvalue weighted by Gasteiger charge is -2.28. The first-order valence-electron chi connectivity index (χ1n) is 5.87. The number of ether oxygens (including phenoxy) is 1. The summed E-state index contributed by atoms with van der Waals surface area (Å²) in [6.45, 7) is 0.997. The molecular formula is C13H19NO2. The molecule has 3 nitrogen and oxygen atoms in total. The highest BCUT2D eigenvalue weighted by molar-refractivity contribution is 5.35. The van der Waals surface area contributed by atoms with Crippen LogP contribution < -0.4 is 10.1 Å². The summed E-state index contributed by atoms with van der Waals surface area (Å²) in [4.78, 5) is 0. The molecule has 2 N–H and O–H groups in total. The summed E-state index contributed by atoms with van der Waals surface area (Å²) < 4.78 is 5.27. The second-order valence-corrected chi connectivity index (χ2v) is 4.24. The van der Waals surface area contributed by atoms with Crippen molar-refractivity contribution < 1.29 is 9.84 Å². The maximum Gasteiger partial charge on any atom is 0.124 e. The number of hydrogen-bond acceptors (Lipinski definition) is 3. The molecule has 0 spiro atoms. The van der Waals surface area contributed by atoms with Crippen molar-refractivity contribution in [2.24, 2.45) is 0 Å². The van der Waals surface area contributed by atoms with Crippen LogP contribution in [0.15, 0.2) is 24.3 Å². The van der Waals surface area contributed by atoms with E-state index in [4.69, 9.17) is 4.74 Å². The van der Waals surface area contributed by atoms with E-state index in [0.717, 1.165) is 24.3 Å². The van der Waals surface area contributed by atoms with Crippen LogP contribution in [0.5, 0.6) is 5.75 Å². The maximum atomic E-state index is 10.3. The second-order valence-electron chi connectivity index (χ2n) is 4.24. The van der Waals surface area contributed by atoms with E-state index in [-0.39, 0.29) is 6.04 Å². The van der Waals surface area contributed by atoms with E-state index in [1.54, 1.807) is 7.11 Å². The zero-order chi connectivity index (χ0) is 11.4. The molecule has 88 valence electrons. The van der Waals surface area contributed by atoms with E-state index in [2.05, 4.69) is 5.32 Å². The number of piperidine rings is 1. The van der Waals surface area contributed by atoms with Gasteiger partial charge in [-0.1, -0.05) is 24.6 Å². The van der Waals surface area contributed by atoms with Crippen LogP contribution in [0.1, 0.15) is 30.9 Å². The highest BCUT2D eigenvalue weighted by atomic mass is 16.5. The predicted octanol–water partition coefficient (Wildman–Crippen LogP) is 1.87. The molecule has 2 unspecified atom stereocenters. The SMILES string of the molecule is COc1ccccc1C(O)C1CCCCN1. The van der Waals surface area contributed by atoms with Crippen LogP contribution in [-0.2, 0) is 0 Å². The third-order valence-electron chi connectivity index (χ3n) is 3.19. The Morgan fingerprint density at radius 2 is 2.19 bits per heavy atom. The van der Waals surface area contributed by atoms with Crippen molar-refractivity contribution in [2.45, 2.75) is 31.4 Å². The fourth-order valence-corrected chi connectivity index (χ4v) is 2.28. The van der Waals surface area contributed by atoms with Gasteiger partial charge in [0.25, 0.3) is 0 Å². The molecule has 2 atom stereocenters. The van der Waals surface area contributed by atoms with Gasteiger partial charge in [-0.05, 0) is 25.5 Å². The summed E-state index contributed by atoms with van der Waals surface area (Å²) >= 11 is 0. The first-order valence-corrected chi connectivity index (χ1v) is 5.87. The normalized spacial score (nSPS) is 22.8. The van der Waals surface area contributed by atoms with Crippen LogP contribution in [0.3, 0.4) is 0 Å². The van der Waals surface area contributed by atoms with E-state index in [1.807, 2.05) is 24.3 Å². The van der Waals surface area contributed by atoms with Gasteiger partial charge in [-0.2, -0.15) is 0 Å². The Labute approximate surface area is 96.4 Å². The summed E-state index contributed by atoms with van der Waals surface area (Å²) in [6, 6.07) is 7.83. The summed E-state index contributed by atoms with van der Waals surface area (Å²) in [7, 11) is 1.64. The monoisotopic (exact) mass is 221 g/mol. The van der Waals surface area contributed by atoms with Crippen molar-refractivity contribution in [3.63, 3.8) is 0 Å². The van der Waals surface area contributed by atoms with Crippen molar-refractivity contribution in [3.8, 4) is 5.75 Å². The summed E-state index contributed by atoms with van der Waals surface area (Å²) in [5.74, 6) is 0.766. The van der Waals surface area contributed by atoms with Crippen molar-refractivity contribution >= 4 is 0 Å². The Morgan fingerprint density at radius 3 is 2.88 bits per heavy atom. The van der Waals surface area contributed by atoms with Crippen molar-refractivity contribution in [1.29, 1.82) is 0 Å². The highest BCUT2D eigenvalue weighted by Gasteiger charge is 2.24. The molecule has 0 radical (unpaired) electrons. The highest BCUT2D eigenvalue weighted by Crippen LogP contribution is 2.29. The first-order chi connectivity index (χ1) is 7.83. The van der Waals surface area contributed by atoms with Crippen LogP contribution in [0.2, 0.25) is 0 Å². The van der Waals surface area contributed by atoms with E-state index in [9.17, 15) is 5.11 Å². The molecule has 3 heteroatoms. The van der Waals surface area contributed by atoms with Crippen LogP contribution in [0.4, 0.5) is 0 Å². The molecule has 0 bridgehead atoms. The molecular weight excluding hydrogens is 202 g/mol. The predicted molar refractivity (Wildman–Crippen MR) is 63.6 cm³/mol. The zero-order valence-corrected chi connectivity index (χ0v) is 9.65.